The number of H-pyrrole nitrogens is 1. The van der Waals surface area contributed by atoms with Gasteiger partial charge in [-0.15, -0.1) is 0 Å². The molecule has 4 heteroatoms. The van der Waals surface area contributed by atoms with Gasteiger partial charge >= 0.3 is 0 Å². The highest BCUT2D eigenvalue weighted by molar-refractivity contribution is 6.30. The molecule has 0 radical (unpaired) electrons. The third-order valence-corrected chi connectivity index (χ3v) is 3.05. The predicted molar refractivity (Wildman–Crippen MR) is 58.2 cm³/mol. The van der Waals surface area contributed by atoms with Crippen LogP contribution in [0.3, 0.4) is 0 Å². The van der Waals surface area contributed by atoms with Crippen molar-refractivity contribution in [3.8, 4) is 0 Å². The molecule has 1 aliphatic rings. The van der Waals surface area contributed by atoms with E-state index in [1.807, 2.05) is 0 Å². The molecule has 1 saturated heterocycles. The van der Waals surface area contributed by atoms with E-state index in [1.165, 1.54) is 31.5 Å². The van der Waals surface area contributed by atoms with Crippen molar-refractivity contribution in [3.05, 3.63) is 22.5 Å². The van der Waals surface area contributed by atoms with E-state index in [2.05, 4.69) is 16.0 Å². The van der Waals surface area contributed by atoms with E-state index in [9.17, 15) is 0 Å². The van der Waals surface area contributed by atoms with E-state index >= 15 is 0 Å². The van der Waals surface area contributed by atoms with E-state index < -0.39 is 0 Å². The first-order chi connectivity index (χ1) is 6.79. The Morgan fingerprint density at radius 1 is 1.43 bits per heavy atom. The number of aromatic nitrogens is 1. The number of halogens is 1. The van der Waals surface area contributed by atoms with Crippen LogP contribution >= 0.6 is 11.6 Å². The van der Waals surface area contributed by atoms with Gasteiger partial charge in [0, 0.05) is 24.3 Å². The van der Waals surface area contributed by atoms with Gasteiger partial charge in [-0.2, -0.15) is 0 Å². The van der Waals surface area contributed by atoms with Crippen molar-refractivity contribution in [2.24, 2.45) is 5.73 Å². The second kappa shape index (κ2) is 4.34. The number of nitrogens with two attached hydrogens (primary N) is 1. The summed E-state index contributed by atoms with van der Waals surface area (Å²) in [4.78, 5) is 5.51. The first-order valence-electron chi connectivity index (χ1n) is 5.08. The van der Waals surface area contributed by atoms with Crippen molar-refractivity contribution >= 4 is 11.6 Å². The molecule has 2 heterocycles. The molecule has 78 valence electrons. The van der Waals surface area contributed by atoms with Crippen molar-refractivity contribution in [3.63, 3.8) is 0 Å². The molecular formula is C10H16ClN3. The van der Waals surface area contributed by atoms with Crippen LogP contribution in [0.4, 0.5) is 0 Å². The predicted octanol–water partition coefficient (Wildman–Crippen LogP) is 1.72. The van der Waals surface area contributed by atoms with E-state index in [-0.39, 0.29) is 0 Å². The first-order valence-corrected chi connectivity index (χ1v) is 5.46. The Balaban J connectivity index is 2.03. The van der Waals surface area contributed by atoms with Crippen LogP contribution in [0, 0.1) is 0 Å². The molecule has 1 aromatic heterocycles. The van der Waals surface area contributed by atoms with Gasteiger partial charge in [-0.25, -0.2) is 0 Å². The Hall–Kier alpha value is -0.510. The molecule has 0 aliphatic carbocycles. The van der Waals surface area contributed by atoms with Crippen molar-refractivity contribution < 1.29 is 0 Å². The highest BCUT2D eigenvalue weighted by Crippen LogP contribution is 2.20. The number of nitrogens with zero attached hydrogens (tertiary/aromatic N) is 1. The highest BCUT2D eigenvalue weighted by Gasteiger charge is 2.14. The molecule has 1 aliphatic heterocycles. The van der Waals surface area contributed by atoms with Gasteiger partial charge < -0.3 is 10.7 Å². The SMILES string of the molecule is NCc1cc(CN2CCCC2)c(Cl)[nH]1. The van der Waals surface area contributed by atoms with Gasteiger partial charge in [0.1, 0.15) is 5.15 Å². The molecule has 2 rings (SSSR count). The summed E-state index contributed by atoms with van der Waals surface area (Å²) in [7, 11) is 0. The van der Waals surface area contributed by atoms with Gasteiger partial charge in [0.15, 0.2) is 0 Å². The molecule has 0 atom stereocenters. The van der Waals surface area contributed by atoms with Gasteiger partial charge in [-0.3, -0.25) is 4.90 Å². The average Bonchev–Trinajstić information content (AvgIpc) is 2.78. The molecule has 1 fully saturated rings. The van der Waals surface area contributed by atoms with Crippen LogP contribution in [0.2, 0.25) is 5.15 Å². The van der Waals surface area contributed by atoms with E-state index in [0.717, 1.165) is 17.4 Å². The summed E-state index contributed by atoms with van der Waals surface area (Å²) in [6, 6.07) is 2.07. The lowest BCUT2D eigenvalue weighted by atomic mass is 10.3. The minimum Gasteiger partial charge on any atom is -0.348 e. The minimum absolute atomic E-state index is 0.528. The number of rotatable bonds is 3. The van der Waals surface area contributed by atoms with Crippen molar-refractivity contribution in [1.82, 2.24) is 9.88 Å². The Labute approximate surface area is 89.2 Å². The Kier molecular flexibility index (Phi) is 3.11. The topological polar surface area (TPSA) is 45.0 Å². The fourth-order valence-electron chi connectivity index (χ4n) is 1.94. The molecule has 0 aromatic carbocycles. The number of nitrogens with one attached hydrogen (secondary N) is 1. The smallest absolute Gasteiger partial charge is 0.111 e. The summed E-state index contributed by atoms with van der Waals surface area (Å²) in [6.45, 7) is 3.87. The fourth-order valence-corrected chi connectivity index (χ4v) is 2.17. The zero-order valence-corrected chi connectivity index (χ0v) is 8.98. The zero-order chi connectivity index (χ0) is 9.97. The van der Waals surface area contributed by atoms with Crippen LogP contribution in [0.25, 0.3) is 0 Å². The molecular weight excluding hydrogens is 198 g/mol. The lowest BCUT2D eigenvalue weighted by molar-refractivity contribution is 0.331. The number of aromatic amines is 1. The molecule has 3 N–H and O–H groups in total. The maximum absolute atomic E-state index is 6.06. The summed E-state index contributed by atoms with van der Waals surface area (Å²) >= 11 is 6.06. The molecule has 3 nitrogen and oxygen atoms in total. The molecule has 1 aromatic rings. The molecule has 0 amide bonds. The molecule has 14 heavy (non-hydrogen) atoms. The molecule has 0 spiro atoms. The third-order valence-electron chi connectivity index (χ3n) is 2.71. The van der Waals surface area contributed by atoms with Crippen LogP contribution in [0.1, 0.15) is 24.1 Å². The average molecular weight is 214 g/mol. The second-order valence-corrected chi connectivity index (χ2v) is 4.20. The van der Waals surface area contributed by atoms with E-state index in [1.54, 1.807) is 0 Å². The number of likely N-dealkylation sites (tertiary alicyclic amines) is 1. The number of hydrogen-bond acceptors (Lipinski definition) is 2. The van der Waals surface area contributed by atoms with Gasteiger partial charge in [-0.05, 0) is 32.0 Å². The lowest BCUT2D eigenvalue weighted by Gasteiger charge is -2.13. The highest BCUT2D eigenvalue weighted by atomic mass is 35.5. The zero-order valence-electron chi connectivity index (χ0n) is 8.22. The van der Waals surface area contributed by atoms with Crippen molar-refractivity contribution in [2.75, 3.05) is 13.1 Å². The van der Waals surface area contributed by atoms with Crippen molar-refractivity contribution in [2.45, 2.75) is 25.9 Å². The van der Waals surface area contributed by atoms with Crippen LogP contribution < -0.4 is 5.73 Å². The lowest BCUT2D eigenvalue weighted by Crippen LogP contribution is -2.18. The summed E-state index contributed by atoms with van der Waals surface area (Å²) < 4.78 is 0. The Morgan fingerprint density at radius 3 is 2.71 bits per heavy atom. The van der Waals surface area contributed by atoms with Gasteiger partial charge in [0.25, 0.3) is 0 Å². The summed E-state index contributed by atoms with van der Waals surface area (Å²) in [5, 5.41) is 0.748. The maximum atomic E-state index is 6.06. The van der Waals surface area contributed by atoms with E-state index in [0.29, 0.717) is 6.54 Å². The first kappa shape index (κ1) is 10.0. The monoisotopic (exact) mass is 213 g/mol. The molecule has 0 unspecified atom stereocenters. The van der Waals surface area contributed by atoms with Gasteiger partial charge in [0.05, 0.1) is 0 Å². The fraction of sp³-hybridized carbons (Fsp3) is 0.600. The minimum atomic E-state index is 0.528. The Bertz CT molecular complexity index is 302. The summed E-state index contributed by atoms with van der Waals surface area (Å²) in [5.74, 6) is 0. The number of hydrogen-bond donors (Lipinski definition) is 2. The standard InChI is InChI=1S/C10H16ClN3/c11-10-8(5-9(6-12)13-10)7-14-3-1-2-4-14/h5,13H,1-4,6-7,12H2. The largest absolute Gasteiger partial charge is 0.348 e. The van der Waals surface area contributed by atoms with Gasteiger partial charge in [0.2, 0.25) is 0 Å². The quantitative estimate of drug-likeness (QED) is 0.803. The normalized spacial score (nSPS) is 17.9. The summed E-state index contributed by atoms with van der Waals surface area (Å²) in [6.07, 6.45) is 2.62. The van der Waals surface area contributed by atoms with E-state index in [4.69, 9.17) is 17.3 Å². The third kappa shape index (κ3) is 2.11. The maximum Gasteiger partial charge on any atom is 0.111 e. The van der Waals surface area contributed by atoms with Crippen LogP contribution in [0.15, 0.2) is 6.07 Å². The van der Waals surface area contributed by atoms with Crippen LogP contribution in [0.5, 0.6) is 0 Å². The van der Waals surface area contributed by atoms with Crippen LogP contribution in [-0.2, 0) is 13.1 Å². The Morgan fingerprint density at radius 2 is 2.14 bits per heavy atom. The second-order valence-electron chi connectivity index (χ2n) is 3.82. The summed E-state index contributed by atoms with van der Waals surface area (Å²) in [5.41, 5.74) is 7.73. The molecule has 0 bridgehead atoms. The van der Waals surface area contributed by atoms with Gasteiger partial charge in [-0.1, -0.05) is 11.6 Å². The molecule has 0 saturated carbocycles. The van der Waals surface area contributed by atoms with Crippen LogP contribution in [-0.4, -0.2) is 23.0 Å². The van der Waals surface area contributed by atoms with Crippen molar-refractivity contribution in [1.29, 1.82) is 0 Å².